The van der Waals surface area contributed by atoms with Crippen molar-refractivity contribution >= 4 is 28.4 Å². The third-order valence-electron chi connectivity index (χ3n) is 21.8. The Kier molecular flexibility index (Phi) is 13.4. The van der Waals surface area contributed by atoms with Crippen LogP contribution in [-0.2, 0) is 0 Å². The summed E-state index contributed by atoms with van der Waals surface area (Å²) < 4.78 is 14.0. The minimum absolute atomic E-state index is 0.0735. The Morgan fingerprint density at radius 2 is 0.630 bits per heavy atom. The van der Waals surface area contributed by atoms with Gasteiger partial charge >= 0.3 is 0 Å². The first kappa shape index (κ1) is 48.3. The van der Waals surface area contributed by atoms with Gasteiger partial charge in [-0.1, -0.05) is 12.1 Å². The van der Waals surface area contributed by atoms with Gasteiger partial charge in [0.2, 0.25) is 0 Å². The van der Waals surface area contributed by atoms with Gasteiger partial charge in [0, 0.05) is 132 Å². The maximum atomic E-state index is 14.0. The van der Waals surface area contributed by atoms with E-state index in [0.29, 0.717) is 0 Å². The molecule has 0 radical (unpaired) electrons. The van der Waals surface area contributed by atoms with Gasteiger partial charge in [-0.3, -0.25) is 34.9 Å². The molecule has 15 fully saturated rings. The van der Waals surface area contributed by atoms with E-state index in [1.807, 2.05) is 36.4 Å². The second-order valence-electron chi connectivity index (χ2n) is 25.8. The number of hydrogen-bond donors (Lipinski definition) is 0. The van der Waals surface area contributed by atoms with E-state index in [1.165, 1.54) is 96.3 Å². The molecule has 13 heteroatoms. The Labute approximate surface area is 433 Å². The summed E-state index contributed by atoms with van der Waals surface area (Å²) in [6.45, 7) is 12.9. The lowest BCUT2D eigenvalue weighted by molar-refractivity contribution is -0.385. The van der Waals surface area contributed by atoms with Crippen molar-refractivity contribution in [1.82, 2.24) is 14.7 Å². The van der Waals surface area contributed by atoms with Crippen molar-refractivity contribution < 1.29 is 14.2 Å². The molecule has 0 unspecified atom stereocenters. The Balaban J connectivity index is 0.000000106. The van der Waals surface area contributed by atoms with Crippen molar-refractivity contribution in [3.63, 3.8) is 0 Å². The highest BCUT2D eigenvalue weighted by Gasteiger charge is 2.53. The number of para-hydroxylation sites is 1. The van der Waals surface area contributed by atoms with Crippen LogP contribution in [-0.4, -0.2) is 121 Å². The van der Waals surface area contributed by atoms with Crippen LogP contribution in [0.2, 0.25) is 0 Å². The largest absolute Gasteiger partial charge is 0.369 e. The Morgan fingerprint density at radius 1 is 0.356 bits per heavy atom. The SMILES string of the molecule is Fc1ccccc1N1CCN(C2C3CC4CC(C3)CC2C4)CC1.O=[N+]([O-])c1ccc(N2CCN(C3C4CC5CC(C4)CC3C5)CC2)cc1.O=[N+]([O-])c1ccc(N2CCN(C3C4CC5CC(C4)CC3C5)CC2)cc1. The topological polar surface area (TPSA) is 106 Å². The molecule has 3 saturated heterocycles. The lowest BCUT2D eigenvalue weighted by Gasteiger charge is -2.58. The molecule has 73 heavy (non-hydrogen) atoms. The molecule has 12 aliphatic carbocycles. The number of nitrogens with zero attached hydrogens (tertiary/aromatic N) is 8. The molecule has 3 aromatic rings. The van der Waals surface area contributed by atoms with E-state index in [-0.39, 0.29) is 27.0 Å². The van der Waals surface area contributed by atoms with Crippen LogP contribution in [0.5, 0.6) is 0 Å². The van der Waals surface area contributed by atoms with E-state index in [2.05, 4.69) is 29.4 Å². The molecule has 18 rings (SSSR count). The predicted octanol–water partition coefficient (Wildman–Crippen LogP) is 10.9. The first-order valence-corrected chi connectivity index (χ1v) is 29.3. The van der Waals surface area contributed by atoms with Crippen LogP contribution in [0.4, 0.5) is 32.8 Å². The van der Waals surface area contributed by atoms with Crippen LogP contribution >= 0.6 is 0 Å². The highest BCUT2D eigenvalue weighted by molar-refractivity contribution is 5.52. The molecule has 3 heterocycles. The molecule has 392 valence electrons. The van der Waals surface area contributed by atoms with Gasteiger partial charge in [0.15, 0.2) is 0 Å². The van der Waals surface area contributed by atoms with E-state index < -0.39 is 0 Å². The zero-order valence-electron chi connectivity index (χ0n) is 43.3. The second kappa shape index (κ2) is 20.3. The minimum atomic E-state index is -0.325. The summed E-state index contributed by atoms with van der Waals surface area (Å²) in [4.78, 5) is 36.3. The fraction of sp³-hybridized carbons (Fsp3) is 0.700. The van der Waals surface area contributed by atoms with Crippen LogP contribution in [0.15, 0.2) is 72.8 Å². The highest BCUT2D eigenvalue weighted by Crippen LogP contribution is 2.58. The van der Waals surface area contributed by atoms with E-state index in [4.69, 9.17) is 0 Å². The van der Waals surface area contributed by atoms with Crippen molar-refractivity contribution in [2.75, 3.05) is 93.2 Å². The van der Waals surface area contributed by atoms with Crippen molar-refractivity contribution in [2.45, 2.75) is 114 Å². The summed E-state index contributed by atoms with van der Waals surface area (Å²) in [5.74, 6) is 12.0. The average molecular weight is 997 g/mol. The van der Waals surface area contributed by atoms with Crippen molar-refractivity contribution in [2.24, 2.45) is 71.0 Å². The van der Waals surface area contributed by atoms with Gasteiger partial charge in [-0.05, 0) is 204 Å². The van der Waals surface area contributed by atoms with Crippen LogP contribution in [0.3, 0.4) is 0 Å². The number of benzene rings is 3. The molecule has 12 bridgehead atoms. The minimum Gasteiger partial charge on any atom is -0.369 e. The number of piperazine rings is 3. The van der Waals surface area contributed by atoms with Gasteiger partial charge in [0.25, 0.3) is 11.4 Å². The number of halogens is 1. The summed E-state index contributed by atoms with van der Waals surface area (Å²) in [7, 11) is 0. The molecule has 15 aliphatic rings. The highest BCUT2D eigenvalue weighted by atomic mass is 19.1. The molecule has 12 nitrogen and oxygen atoms in total. The third-order valence-corrected chi connectivity index (χ3v) is 21.8. The fourth-order valence-electron chi connectivity index (χ4n) is 19.6. The lowest BCUT2D eigenvalue weighted by Crippen LogP contribution is -2.60. The van der Waals surface area contributed by atoms with E-state index in [1.54, 1.807) is 36.4 Å². The zero-order chi connectivity index (χ0) is 49.3. The van der Waals surface area contributed by atoms with Crippen LogP contribution in [0.25, 0.3) is 0 Å². The molecule has 3 aliphatic heterocycles. The standard InChI is InChI=1S/C20H27FN2.2C20H27N3O2/c21-18-3-1-2-4-19(18)22-5-7-23(8-6-22)20-16-10-14-9-15(12-16)13-17(20)11-14;2*24-23(25)19-3-1-18(2-4-19)21-5-7-22(8-6-21)20-16-10-14-9-15(12-16)13-17(20)11-14/h1-4,14-17,20H,5-13H2;2*1-4,14-17,20H,5-13H2. The van der Waals surface area contributed by atoms with Crippen molar-refractivity contribution in [3.8, 4) is 0 Å². The molecular weight excluding hydrogens is 916 g/mol. The molecule has 12 saturated carbocycles. The smallest absolute Gasteiger partial charge is 0.269 e. The molecule has 0 N–H and O–H groups in total. The van der Waals surface area contributed by atoms with Gasteiger partial charge in [-0.15, -0.1) is 0 Å². The lowest BCUT2D eigenvalue weighted by atomic mass is 9.54. The number of hydrogen-bond acceptors (Lipinski definition) is 10. The summed E-state index contributed by atoms with van der Waals surface area (Å²) >= 11 is 0. The molecule has 3 aromatic carbocycles. The number of rotatable bonds is 8. The molecular formula is C60H81FN8O4. The fourth-order valence-corrected chi connectivity index (χ4v) is 19.6. The summed E-state index contributed by atoms with van der Waals surface area (Å²) in [5.41, 5.74) is 3.38. The van der Waals surface area contributed by atoms with Gasteiger partial charge in [0.05, 0.1) is 15.5 Å². The van der Waals surface area contributed by atoms with Gasteiger partial charge in [-0.2, -0.15) is 0 Å². The Hall–Kier alpha value is -4.33. The Bertz CT molecular complexity index is 2220. The summed E-state index contributed by atoms with van der Waals surface area (Å²) in [6, 6.07) is 23.8. The van der Waals surface area contributed by atoms with Gasteiger partial charge in [0.1, 0.15) is 5.82 Å². The number of non-ortho nitro benzene ring substituents is 2. The molecule has 0 atom stereocenters. The third kappa shape index (κ3) is 9.79. The average Bonchev–Trinajstić information content (AvgIpc) is 3.39. The maximum absolute atomic E-state index is 14.0. The molecule has 0 aromatic heterocycles. The number of nitro benzene ring substituents is 2. The van der Waals surface area contributed by atoms with Crippen LogP contribution in [0, 0.1) is 97.1 Å². The van der Waals surface area contributed by atoms with E-state index in [9.17, 15) is 24.6 Å². The first-order chi connectivity index (χ1) is 35.6. The quantitative estimate of drug-likeness (QED) is 0.160. The van der Waals surface area contributed by atoms with Crippen molar-refractivity contribution in [3.05, 3.63) is 98.8 Å². The summed E-state index contributed by atoms with van der Waals surface area (Å²) in [5, 5.41) is 21.6. The molecule has 0 spiro atoms. The maximum Gasteiger partial charge on any atom is 0.269 e. The monoisotopic (exact) mass is 997 g/mol. The second-order valence-corrected chi connectivity index (χ2v) is 25.8. The first-order valence-electron chi connectivity index (χ1n) is 29.3. The van der Waals surface area contributed by atoms with Crippen LogP contribution < -0.4 is 14.7 Å². The van der Waals surface area contributed by atoms with Gasteiger partial charge < -0.3 is 14.7 Å². The van der Waals surface area contributed by atoms with Crippen molar-refractivity contribution in [1.29, 1.82) is 0 Å². The number of anilines is 3. The van der Waals surface area contributed by atoms with Crippen LogP contribution in [0.1, 0.15) is 96.3 Å². The van der Waals surface area contributed by atoms with Gasteiger partial charge in [-0.25, -0.2) is 4.39 Å². The normalized spacial score (nSPS) is 38.2. The van der Waals surface area contributed by atoms with E-state index in [0.717, 1.165) is 185 Å². The Morgan fingerprint density at radius 3 is 0.904 bits per heavy atom. The molecule has 0 amide bonds. The van der Waals surface area contributed by atoms with E-state index >= 15 is 0 Å². The zero-order valence-corrected chi connectivity index (χ0v) is 43.3. The number of nitro groups is 2. The predicted molar refractivity (Wildman–Crippen MR) is 286 cm³/mol. The summed E-state index contributed by atoms with van der Waals surface area (Å²) in [6.07, 6.45) is 22.4.